The Balaban J connectivity index is 1.86. The lowest BCUT2D eigenvalue weighted by Crippen LogP contribution is -2.55. The van der Waals surface area contributed by atoms with Crippen LogP contribution >= 0.6 is 0 Å². The summed E-state index contributed by atoms with van der Waals surface area (Å²) < 4.78 is 0. The lowest BCUT2D eigenvalue weighted by molar-refractivity contribution is -0.0575. The Kier molecular flexibility index (Phi) is 5.14. The van der Waals surface area contributed by atoms with Gasteiger partial charge in [0.2, 0.25) is 0 Å². The SMILES string of the molecule is CC1(N(Cc2ccccc2)Cc2ccccc2)CCCCC1O. The van der Waals surface area contributed by atoms with Crippen LogP contribution in [0.2, 0.25) is 0 Å². The number of hydrogen-bond acceptors (Lipinski definition) is 2. The second kappa shape index (κ2) is 7.29. The predicted molar refractivity (Wildman–Crippen MR) is 95.0 cm³/mol. The molecule has 0 radical (unpaired) electrons. The van der Waals surface area contributed by atoms with E-state index in [-0.39, 0.29) is 11.6 Å². The van der Waals surface area contributed by atoms with E-state index in [4.69, 9.17) is 0 Å². The highest BCUT2D eigenvalue weighted by molar-refractivity contribution is 5.18. The van der Waals surface area contributed by atoms with Crippen molar-refractivity contribution in [3.05, 3.63) is 71.8 Å². The van der Waals surface area contributed by atoms with Crippen LogP contribution in [-0.4, -0.2) is 21.6 Å². The zero-order valence-electron chi connectivity index (χ0n) is 14.0. The van der Waals surface area contributed by atoms with Gasteiger partial charge in [-0.1, -0.05) is 73.5 Å². The average molecular weight is 309 g/mol. The van der Waals surface area contributed by atoms with Crippen molar-refractivity contribution in [2.75, 3.05) is 0 Å². The highest BCUT2D eigenvalue weighted by Crippen LogP contribution is 2.35. The molecule has 0 aromatic heterocycles. The van der Waals surface area contributed by atoms with Crippen molar-refractivity contribution in [1.82, 2.24) is 4.90 Å². The third-order valence-corrected chi connectivity index (χ3v) is 5.28. The Bertz CT molecular complexity index is 556. The van der Waals surface area contributed by atoms with Crippen molar-refractivity contribution in [2.24, 2.45) is 0 Å². The van der Waals surface area contributed by atoms with Crippen LogP contribution in [0.5, 0.6) is 0 Å². The summed E-state index contributed by atoms with van der Waals surface area (Å²) >= 11 is 0. The van der Waals surface area contributed by atoms with Crippen molar-refractivity contribution in [3.8, 4) is 0 Å². The summed E-state index contributed by atoms with van der Waals surface area (Å²) in [6.07, 6.45) is 4.07. The van der Waals surface area contributed by atoms with Gasteiger partial charge in [-0.15, -0.1) is 0 Å². The fraction of sp³-hybridized carbons (Fsp3) is 0.429. The first-order valence-corrected chi connectivity index (χ1v) is 8.69. The molecule has 23 heavy (non-hydrogen) atoms. The van der Waals surface area contributed by atoms with Crippen LogP contribution in [0, 0.1) is 0 Å². The monoisotopic (exact) mass is 309 g/mol. The molecule has 1 aliphatic rings. The smallest absolute Gasteiger partial charge is 0.0721 e. The third kappa shape index (κ3) is 3.82. The zero-order valence-corrected chi connectivity index (χ0v) is 14.0. The van der Waals surface area contributed by atoms with Crippen LogP contribution in [0.25, 0.3) is 0 Å². The zero-order chi connectivity index (χ0) is 16.1. The second-order valence-electron chi connectivity index (χ2n) is 6.95. The standard InChI is InChI=1S/C21H27NO/c1-21(15-9-8-14-20(21)23)22(16-18-10-4-2-5-11-18)17-19-12-6-3-7-13-19/h2-7,10-13,20,23H,8-9,14-17H2,1H3. The summed E-state index contributed by atoms with van der Waals surface area (Å²) in [4.78, 5) is 2.47. The summed E-state index contributed by atoms with van der Waals surface area (Å²) in [5, 5.41) is 10.7. The molecule has 0 saturated heterocycles. The second-order valence-corrected chi connectivity index (χ2v) is 6.95. The van der Waals surface area contributed by atoms with Crippen molar-refractivity contribution >= 4 is 0 Å². The number of aliphatic hydroxyl groups excluding tert-OH is 1. The van der Waals surface area contributed by atoms with Crippen LogP contribution in [0.3, 0.4) is 0 Å². The molecule has 3 rings (SSSR count). The number of aliphatic hydroxyl groups is 1. The molecular weight excluding hydrogens is 282 g/mol. The van der Waals surface area contributed by atoms with E-state index in [1.807, 2.05) is 0 Å². The van der Waals surface area contributed by atoms with E-state index in [1.165, 1.54) is 17.5 Å². The minimum Gasteiger partial charge on any atom is -0.391 e. The molecule has 2 unspecified atom stereocenters. The normalized spacial score (nSPS) is 24.7. The molecule has 1 N–H and O–H groups in total. The Morgan fingerprint density at radius 2 is 1.43 bits per heavy atom. The lowest BCUT2D eigenvalue weighted by atomic mass is 9.79. The Labute approximate surface area is 139 Å². The average Bonchev–Trinajstić information content (AvgIpc) is 2.59. The van der Waals surface area contributed by atoms with Gasteiger partial charge >= 0.3 is 0 Å². The maximum atomic E-state index is 10.7. The van der Waals surface area contributed by atoms with Crippen molar-refractivity contribution in [1.29, 1.82) is 0 Å². The minimum atomic E-state index is -0.247. The molecule has 2 atom stereocenters. The molecule has 1 aliphatic carbocycles. The number of hydrogen-bond donors (Lipinski definition) is 1. The van der Waals surface area contributed by atoms with Crippen LogP contribution in [0.1, 0.15) is 43.7 Å². The van der Waals surface area contributed by atoms with Gasteiger partial charge in [-0.3, -0.25) is 4.90 Å². The molecule has 2 aromatic rings. The summed E-state index contributed by atoms with van der Waals surface area (Å²) in [5.74, 6) is 0. The summed E-state index contributed by atoms with van der Waals surface area (Å²) in [6.45, 7) is 4.00. The maximum Gasteiger partial charge on any atom is 0.0721 e. The van der Waals surface area contributed by atoms with Gasteiger partial charge in [-0.05, 0) is 30.9 Å². The lowest BCUT2D eigenvalue weighted by Gasteiger charge is -2.47. The summed E-state index contributed by atoms with van der Waals surface area (Å²) in [6, 6.07) is 21.2. The molecule has 0 heterocycles. The number of rotatable bonds is 5. The third-order valence-electron chi connectivity index (χ3n) is 5.28. The molecule has 0 bridgehead atoms. The largest absolute Gasteiger partial charge is 0.391 e. The van der Waals surface area contributed by atoms with Crippen LogP contribution in [0.4, 0.5) is 0 Å². The Morgan fingerprint density at radius 3 is 1.91 bits per heavy atom. The van der Waals surface area contributed by atoms with E-state index in [1.54, 1.807) is 0 Å². The van der Waals surface area contributed by atoms with E-state index in [0.29, 0.717) is 0 Å². The van der Waals surface area contributed by atoms with Crippen molar-refractivity contribution in [2.45, 2.75) is 57.3 Å². The molecular formula is C21H27NO. The molecule has 0 spiro atoms. The highest BCUT2D eigenvalue weighted by atomic mass is 16.3. The molecule has 0 amide bonds. The van der Waals surface area contributed by atoms with Gasteiger partial charge in [0.25, 0.3) is 0 Å². The van der Waals surface area contributed by atoms with E-state index < -0.39 is 0 Å². The molecule has 0 aliphatic heterocycles. The summed E-state index contributed by atoms with van der Waals surface area (Å²) in [7, 11) is 0. The van der Waals surface area contributed by atoms with Gasteiger partial charge in [0.05, 0.1) is 6.10 Å². The van der Waals surface area contributed by atoms with Crippen molar-refractivity contribution < 1.29 is 5.11 Å². The first kappa shape index (κ1) is 16.2. The first-order chi connectivity index (χ1) is 11.2. The Hall–Kier alpha value is -1.64. The molecule has 2 nitrogen and oxygen atoms in total. The van der Waals surface area contributed by atoms with E-state index in [0.717, 1.165) is 32.4 Å². The van der Waals surface area contributed by atoms with Crippen LogP contribution in [-0.2, 0) is 13.1 Å². The van der Waals surface area contributed by atoms with Gasteiger partial charge in [0, 0.05) is 18.6 Å². The summed E-state index contributed by atoms with van der Waals surface area (Å²) in [5.41, 5.74) is 2.47. The minimum absolute atomic E-state index is 0.149. The van der Waals surface area contributed by atoms with Gasteiger partial charge in [0.15, 0.2) is 0 Å². The quantitative estimate of drug-likeness (QED) is 0.886. The molecule has 1 saturated carbocycles. The van der Waals surface area contributed by atoms with E-state index in [9.17, 15) is 5.11 Å². The number of nitrogens with zero attached hydrogens (tertiary/aromatic N) is 1. The fourth-order valence-electron chi connectivity index (χ4n) is 3.69. The van der Waals surface area contributed by atoms with Gasteiger partial charge in [0.1, 0.15) is 0 Å². The highest BCUT2D eigenvalue weighted by Gasteiger charge is 2.40. The van der Waals surface area contributed by atoms with E-state index >= 15 is 0 Å². The van der Waals surface area contributed by atoms with Crippen molar-refractivity contribution in [3.63, 3.8) is 0 Å². The topological polar surface area (TPSA) is 23.5 Å². The fourth-order valence-corrected chi connectivity index (χ4v) is 3.69. The maximum absolute atomic E-state index is 10.7. The molecule has 2 aromatic carbocycles. The van der Waals surface area contributed by atoms with E-state index in [2.05, 4.69) is 72.5 Å². The van der Waals surface area contributed by atoms with Gasteiger partial charge in [-0.2, -0.15) is 0 Å². The predicted octanol–water partition coefficient (Wildman–Crippen LogP) is 4.38. The number of benzene rings is 2. The van der Waals surface area contributed by atoms with Crippen LogP contribution < -0.4 is 0 Å². The molecule has 2 heteroatoms. The van der Waals surface area contributed by atoms with Gasteiger partial charge < -0.3 is 5.11 Å². The molecule has 1 fully saturated rings. The first-order valence-electron chi connectivity index (χ1n) is 8.69. The Morgan fingerprint density at radius 1 is 0.913 bits per heavy atom. The molecule has 122 valence electrons. The van der Waals surface area contributed by atoms with Gasteiger partial charge in [-0.25, -0.2) is 0 Å². The van der Waals surface area contributed by atoms with Crippen LogP contribution in [0.15, 0.2) is 60.7 Å².